The Morgan fingerprint density at radius 2 is 1.88 bits per heavy atom. The van der Waals surface area contributed by atoms with Gasteiger partial charge in [0.2, 0.25) is 5.91 Å². The highest BCUT2D eigenvalue weighted by Crippen LogP contribution is 2.34. The summed E-state index contributed by atoms with van der Waals surface area (Å²) in [4.78, 5) is 37.7. The molecule has 2 aromatic rings. The van der Waals surface area contributed by atoms with E-state index in [-0.39, 0.29) is 24.8 Å². The number of carbonyl (C=O) groups excluding carboxylic acids is 2. The van der Waals surface area contributed by atoms with Crippen molar-refractivity contribution in [1.82, 2.24) is 10.3 Å². The fraction of sp³-hybridized carbons (Fsp3) is 0.130. The molecular weight excluding hydrogens is 430 g/mol. The zero-order chi connectivity index (χ0) is 22.9. The van der Waals surface area contributed by atoms with E-state index >= 15 is 0 Å². The molecule has 1 aliphatic rings. The summed E-state index contributed by atoms with van der Waals surface area (Å²) in [5, 5.41) is 13.3. The molecule has 9 heteroatoms. The molecule has 0 aromatic heterocycles. The molecule has 2 N–H and O–H groups in total. The van der Waals surface area contributed by atoms with E-state index in [0.717, 1.165) is 17.3 Å². The number of carboxylic acids is 1. The van der Waals surface area contributed by atoms with Crippen molar-refractivity contribution in [1.29, 1.82) is 0 Å². The molecule has 1 saturated heterocycles. The van der Waals surface area contributed by atoms with Gasteiger partial charge in [-0.15, -0.1) is 11.7 Å². The lowest BCUT2D eigenvalue weighted by Gasteiger charge is -2.12. The average molecular weight is 452 g/mol. The van der Waals surface area contributed by atoms with Crippen molar-refractivity contribution in [2.45, 2.75) is 6.42 Å². The van der Waals surface area contributed by atoms with Gasteiger partial charge in [-0.2, -0.15) is 0 Å². The van der Waals surface area contributed by atoms with Gasteiger partial charge in [0.1, 0.15) is 5.75 Å². The fourth-order valence-corrected chi connectivity index (χ4v) is 3.76. The number of aliphatic carboxylic acids is 1. The Balaban J connectivity index is 1.78. The molecule has 0 radical (unpaired) electrons. The van der Waals surface area contributed by atoms with Crippen molar-refractivity contribution in [2.24, 2.45) is 5.10 Å². The molecule has 32 heavy (non-hydrogen) atoms. The summed E-state index contributed by atoms with van der Waals surface area (Å²) in [7, 11) is 0. The number of thioether (sulfide) groups is 1. The maximum atomic E-state index is 12.9. The maximum absolute atomic E-state index is 12.9. The van der Waals surface area contributed by atoms with Gasteiger partial charge in [0, 0.05) is 12.1 Å². The average Bonchev–Trinajstić information content (AvgIpc) is 3.07. The van der Waals surface area contributed by atoms with E-state index in [0.29, 0.717) is 21.4 Å². The van der Waals surface area contributed by atoms with Gasteiger partial charge in [-0.25, -0.2) is 10.2 Å². The van der Waals surface area contributed by atoms with Crippen LogP contribution in [0.15, 0.2) is 77.3 Å². The highest BCUT2D eigenvalue weighted by Gasteiger charge is 2.33. The Hall–Kier alpha value is -3.85. The van der Waals surface area contributed by atoms with Crippen LogP contribution in [0.5, 0.6) is 5.75 Å². The molecule has 0 bridgehead atoms. The first kappa shape index (κ1) is 22.8. The van der Waals surface area contributed by atoms with Crippen LogP contribution in [0.25, 0.3) is 6.08 Å². The molecule has 2 amide bonds. The van der Waals surface area contributed by atoms with Crippen molar-refractivity contribution in [3.05, 3.63) is 83.3 Å². The highest BCUT2D eigenvalue weighted by atomic mass is 32.2. The Morgan fingerprint density at radius 3 is 2.59 bits per heavy atom. The normalized spacial score (nSPS) is 15.8. The Bertz CT molecular complexity index is 1080. The van der Waals surface area contributed by atoms with Crippen LogP contribution in [0, 0.1) is 0 Å². The van der Waals surface area contributed by atoms with E-state index in [1.165, 1.54) is 4.90 Å². The predicted molar refractivity (Wildman–Crippen MR) is 123 cm³/mol. The third kappa shape index (κ3) is 6.08. The molecule has 0 saturated carbocycles. The lowest BCUT2D eigenvalue weighted by atomic mass is 10.1. The third-order valence-corrected chi connectivity index (χ3v) is 5.25. The lowest BCUT2D eigenvalue weighted by Crippen LogP contribution is -2.31. The zero-order valence-corrected chi connectivity index (χ0v) is 17.9. The zero-order valence-electron chi connectivity index (χ0n) is 17.1. The van der Waals surface area contributed by atoms with E-state index in [9.17, 15) is 14.4 Å². The van der Waals surface area contributed by atoms with Crippen molar-refractivity contribution in [3.63, 3.8) is 0 Å². The van der Waals surface area contributed by atoms with Crippen LogP contribution in [0.4, 0.5) is 0 Å². The first-order valence-electron chi connectivity index (χ1n) is 9.64. The molecule has 0 unspecified atom stereocenters. The topological polar surface area (TPSA) is 108 Å². The third-order valence-electron chi connectivity index (χ3n) is 4.24. The second kappa shape index (κ2) is 11.0. The lowest BCUT2D eigenvalue weighted by molar-refractivity contribution is -0.139. The molecule has 1 fully saturated rings. The number of para-hydroxylation sites is 1. The molecule has 1 heterocycles. The second-order valence-corrected chi connectivity index (χ2v) is 7.64. The number of carbonyl (C=O) groups is 3. The fourth-order valence-electron chi connectivity index (χ4n) is 2.82. The minimum Gasteiger partial charge on any atom is -0.481 e. The van der Waals surface area contributed by atoms with Crippen molar-refractivity contribution < 1.29 is 24.2 Å². The van der Waals surface area contributed by atoms with Gasteiger partial charge in [0.25, 0.3) is 5.91 Å². The summed E-state index contributed by atoms with van der Waals surface area (Å²) < 4.78 is 5.30. The molecular formula is C23H21N3O5S. The summed E-state index contributed by atoms with van der Waals surface area (Å²) >= 11 is 1.10. The summed E-state index contributed by atoms with van der Waals surface area (Å²) in [5.41, 5.74) is 3.90. The van der Waals surface area contributed by atoms with E-state index in [1.54, 1.807) is 36.4 Å². The first-order chi connectivity index (χ1) is 15.5. The van der Waals surface area contributed by atoms with Crippen LogP contribution in [-0.4, -0.2) is 46.1 Å². The van der Waals surface area contributed by atoms with Crippen molar-refractivity contribution in [2.75, 3.05) is 13.2 Å². The number of amides is 2. The Morgan fingerprint density at radius 1 is 1.16 bits per heavy atom. The highest BCUT2D eigenvalue weighted by molar-refractivity contribution is 8.18. The van der Waals surface area contributed by atoms with E-state index in [2.05, 4.69) is 17.1 Å². The molecule has 1 aliphatic heterocycles. The van der Waals surface area contributed by atoms with Crippen LogP contribution in [0.3, 0.4) is 0 Å². The van der Waals surface area contributed by atoms with E-state index in [1.807, 2.05) is 30.3 Å². The van der Waals surface area contributed by atoms with Gasteiger partial charge in [0.15, 0.2) is 11.8 Å². The number of benzene rings is 2. The van der Waals surface area contributed by atoms with Crippen molar-refractivity contribution >= 4 is 40.8 Å². The first-order valence-corrected chi connectivity index (χ1v) is 10.5. The number of nitrogens with one attached hydrogen (secondary N) is 1. The van der Waals surface area contributed by atoms with Crippen LogP contribution >= 0.6 is 11.8 Å². The summed E-state index contributed by atoms with van der Waals surface area (Å²) in [6.45, 7) is 3.39. The molecule has 164 valence electrons. The minimum atomic E-state index is -1.10. The number of hydrogen-bond donors (Lipinski definition) is 2. The van der Waals surface area contributed by atoms with Crippen LogP contribution in [0.2, 0.25) is 0 Å². The molecule has 3 rings (SSSR count). The van der Waals surface area contributed by atoms with E-state index in [4.69, 9.17) is 9.84 Å². The van der Waals surface area contributed by atoms with Crippen LogP contribution in [0.1, 0.15) is 11.1 Å². The summed E-state index contributed by atoms with van der Waals surface area (Å²) in [5.74, 6) is -1.37. The number of carboxylic acid groups (broad SMARTS) is 1. The largest absolute Gasteiger partial charge is 0.481 e. The Kier molecular flexibility index (Phi) is 7.82. The number of rotatable bonds is 9. The number of ether oxygens (including phenoxy) is 1. The Labute approximate surface area is 189 Å². The monoisotopic (exact) mass is 451 g/mol. The summed E-state index contributed by atoms with van der Waals surface area (Å²) in [6, 6.07) is 16.1. The number of amidine groups is 1. The SMILES string of the molecule is C=CCN1C(=O)C(=Cc2ccccc2OCC(=O)O)SC1=NNC(=O)Cc1ccccc1. The van der Waals surface area contributed by atoms with Gasteiger partial charge < -0.3 is 9.84 Å². The van der Waals surface area contributed by atoms with Crippen LogP contribution < -0.4 is 10.2 Å². The van der Waals surface area contributed by atoms with Crippen LogP contribution in [-0.2, 0) is 20.8 Å². The van der Waals surface area contributed by atoms with E-state index < -0.39 is 12.6 Å². The quantitative estimate of drug-likeness (QED) is 0.345. The summed E-state index contributed by atoms with van der Waals surface area (Å²) in [6.07, 6.45) is 3.33. The predicted octanol–water partition coefficient (Wildman–Crippen LogP) is 2.88. The molecule has 2 aromatic carbocycles. The number of hydrazone groups is 1. The molecule has 0 spiro atoms. The van der Waals surface area contributed by atoms with Gasteiger partial charge in [0.05, 0.1) is 11.3 Å². The molecule has 8 nitrogen and oxygen atoms in total. The van der Waals surface area contributed by atoms with Gasteiger partial charge in [-0.1, -0.05) is 54.6 Å². The molecule has 0 atom stereocenters. The second-order valence-electron chi connectivity index (χ2n) is 6.63. The number of nitrogens with zero attached hydrogens (tertiary/aromatic N) is 2. The van der Waals surface area contributed by atoms with Crippen molar-refractivity contribution in [3.8, 4) is 5.75 Å². The van der Waals surface area contributed by atoms with Gasteiger partial charge in [-0.3, -0.25) is 14.5 Å². The minimum absolute atomic E-state index is 0.161. The smallest absolute Gasteiger partial charge is 0.341 e. The standard InChI is InChI=1S/C23H21N3O5S/c1-2-12-26-22(30)19(14-17-10-6-7-11-18(17)31-15-21(28)29)32-23(26)25-24-20(27)13-16-8-4-3-5-9-16/h2-11,14H,1,12-13,15H2,(H,24,27)(H,28,29). The van der Waals surface area contributed by atoms with Gasteiger partial charge >= 0.3 is 5.97 Å². The molecule has 0 aliphatic carbocycles. The maximum Gasteiger partial charge on any atom is 0.341 e. The van der Waals surface area contributed by atoms with Gasteiger partial charge in [-0.05, 0) is 29.5 Å². The number of hydrogen-bond acceptors (Lipinski definition) is 6.